The molecule has 0 spiro atoms. The first-order chi connectivity index (χ1) is 9.08. The quantitative estimate of drug-likeness (QED) is 0.775. The summed E-state index contributed by atoms with van der Waals surface area (Å²) in [6, 6.07) is 0. The highest BCUT2D eigenvalue weighted by Gasteiger charge is 2.16. The predicted octanol–water partition coefficient (Wildman–Crippen LogP) is 1.06. The monoisotopic (exact) mass is 284 g/mol. The first kappa shape index (κ1) is 16.1. The van der Waals surface area contributed by atoms with Gasteiger partial charge in [-0.3, -0.25) is 4.79 Å². The number of hydrogen-bond donors (Lipinski definition) is 1. The highest BCUT2D eigenvalue weighted by atomic mass is 32.1. The minimum Gasteiger partial charge on any atom is -0.338 e. The van der Waals surface area contributed by atoms with Crippen LogP contribution in [0.4, 0.5) is 0 Å². The minimum absolute atomic E-state index is 0.0285. The van der Waals surface area contributed by atoms with Crippen LogP contribution in [0.5, 0.6) is 0 Å². The van der Waals surface area contributed by atoms with Crippen molar-refractivity contribution in [2.24, 2.45) is 5.73 Å². The topological polar surface area (TPSA) is 62.5 Å². The highest BCUT2D eigenvalue weighted by Crippen LogP contribution is 2.12. The number of nitrogens with two attached hydrogens (primary N) is 1. The summed E-state index contributed by atoms with van der Waals surface area (Å²) in [5.41, 5.74) is 6.05. The number of carbonyl (C=O) groups is 1. The average Bonchev–Trinajstić information content (AvgIpc) is 2.82. The zero-order valence-electron chi connectivity index (χ0n) is 12.1. The van der Waals surface area contributed by atoms with Crippen LogP contribution in [0.2, 0.25) is 0 Å². The highest BCUT2D eigenvalue weighted by molar-refractivity contribution is 7.09. The van der Waals surface area contributed by atoms with E-state index in [0.29, 0.717) is 12.2 Å². The number of thiazole rings is 1. The maximum Gasteiger partial charge on any atom is 0.273 e. The van der Waals surface area contributed by atoms with Gasteiger partial charge in [0, 0.05) is 24.9 Å². The van der Waals surface area contributed by atoms with Gasteiger partial charge in [0.25, 0.3) is 5.91 Å². The zero-order valence-corrected chi connectivity index (χ0v) is 12.9. The van der Waals surface area contributed by atoms with E-state index in [-0.39, 0.29) is 5.91 Å². The van der Waals surface area contributed by atoms with Crippen LogP contribution >= 0.6 is 11.3 Å². The van der Waals surface area contributed by atoms with Gasteiger partial charge in [-0.25, -0.2) is 4.98 Å². The fourth-order valence-corrected chi connectivity index (χ4v) is 2.58. The maximum absolute atomic E-state index is 12.3. The van der Waals surface area contributed by atoms with Crippen molar-refractivity contribution in [2.75, 3.05) is 40.3 Å². The Bertz CT molecular complexity index is 392. The smallest absolute Gasteiger partial charge is 0.273 e. The largest absolute Gasteiger partial charge is 0.338 e. The van der Waals surface area contributed by atoms with E-state index >= 15 is 0 Å². The predicted molar refractivity (Wildman–Crippen MR) is 79.6 cm³/mol. The molecule has 0 unspecified atom stereocenters. The molecule has 6 heteroatoms. The molecule has 0 aliphatic rings. The first-order valence-electron chi connectivity index (χ1n) is 6.67. The Labute approximate surface area is 119 Å². The summed E-state index contributed by atoms with van der Waals surface area (Å²) in [6.45, 7) is 5.05. The Balaban J connectivity index is 2.56. The molecule has 1 heterocycles. The first-order valence-corrected chi connectivity index (χ1v) is 7.55. The van der Waals surface area contributed by atoms with Crippen LogP contribution in [0.25, 0.3) is 0 Å². The normalized spacial score (nSPS) is 11.0. The molecule has 2 N–H and O–H groups in total. The van der Waals surface area contributed by atoms with Crippen LogP contribution < -0.4 is 5.73 Å². The number of nitrogens with zero attached hydrogens (tertiary/aromatic N) is 3. The third-order valence-corrected chi connectivity index (χ3v) is 3.74. The number of hydrogen-bond acceptors (Lipinski definition) is 5. The molecular formula is C13H24N4OS. The molecule has 0 aromatic carbocycles. The molecule has 1 aromatic heterocycles. The van der Waals surface area contributed by atoms with Gasteiger partial charge in [0.2, 0.25) is 0 Å². The summed E-state index contributed by atoms with van der Waals surface area (Å²) < 4.78 is 0. The van der Waals surface area contributed by atoms with Crippen LogP contribution in [0.15, 0.2) is 5.38 Å². The third-order valence-electron chi connectivity index (χ3n) is 2.83. The van der Waals surface area contributed by atoms with Gasteiger partial charge in [-0.05, 0) is 40.5 Å². The molecule has 0 atom stereocenters. The van der Waals surface area contributed by atoms with Crippen molar-refractivity contribution in [3.05, 3.63) is 16.1 Å². The van der Waals surface area contributed by atoms with E-state index in [4.69, 9.17) is 5.73 Å². The molecule has 0 aliphatic heterocycles. The van der Waals surface area contributed by atoms with Gasteiger partial charge >= 0.3 is 0 Å². The molecule has 1 rings (SSSR count). The lowest BCUT2D eigenvalue weighted by Gasteiger charge is -2.20. The molecule has 0 saturated heterocycles. The second-order valence-electron chi connectivity index (χ2n) is 4.71. The molecule has 0 saturated carbocycles. The molecule has 1 aromatic rings. The van der Waals surface area contributed by atoms with Crippen molar-refractivity contribution >= 4 is 17.2 Å². The van der Waals surface area contributed by atoms with E-state index in [1.807, 2.05) is 31.3 Å². The second kappa shape index (κ2) is 8.24. The Morgan fingerprint density at radius 3 is 2.74 bits per heavy atom. The van der Waals surface area contributed by atoms with E-state index in [9.17, 15) is 4.79 Å². The molecule has 19 heavy (non-hydrogen) atoms. The van der Waals surface area contributed by atoms with Crippen molar-refractivity contribution in [1.82, 2.24) is 14.8 Å². The summed E-state index contributed by atoms with van der Waals surface area (Å²) in [6.07, 6.45) is 1.72. The number of amides is 1. The van der Waals surface area contributed by atoms with Crippen LogP contribution in [0.3, 0.4) is 0 Å². The van der Waals surface area contributed by atoms with Crippen molar-refractivity contribution in [3.8, 4) is 0 Å². The van der Waals surface area contributed by atoms with E-state index in [2.05, 4.69) is 9.88 Å². The van der Waals surface area contributed by atoms with Crippen LogP contribution in [-0.2, 0) is 6.42 Å². The van der Waals surface area contributed by atoms with Crippen molar-refractivity contribution in [1.29, 1.82) is 0 Å². The SMILES string of the molecule is CCN(CCCN(C)C)C(=O)c1csc(CCN)n1. The van der Waals surface area contributed by atoms with E-state index in [1.54, 1.807) is 0 Å². The Morgan fingerprint density at radius 2 is 2.16 bits per heavy atom. The average molecular weight is 284 g/mol. The van der Waals surface area contributed by atoms with Gasteiger partial charge < -0.3 is 15.5 Å². The molecule has 0 radical (unpaired) electrons. The van der Waals surface area contributed by atoms with Crippen molar-refractivity contribution < 1.29 is 4.79 Å². The lowest BCUT2D eigenvalue weighted by atomic mass is 10.3. The number of rotatable bonds is 8. The molecule has 5 nitrogen and oxygen atoms in total. The maximum atomic E-state index is 12.3. The number of carbonyl (C=O) groups excluding carboxylic acids is 1. The van der Waals surface area contributed by atoms with Gasteiger partial charge in [0.15, 0.2) is 0 Å². The molecule has 0 aliphatic carbocycles. The minimum atomic E-state index is 0.0285. The zero-order chi connectivity index (χ0) is 14.3. The molecular weight excluding hydrogens is 260 g/mol. The molecule has 0 fully saturated rings. The Hall–Kier alpha value is -0.980. The van der Waals surface area contributed by atoms with Crippen LogP contribution in [0.1, 0.15) is 28.8 Å². The van der Waals surface area contributed by atoms with Crippen molar-refractivity contribution in [3.63, 3.8) is 0 Å². The van der Waals surface area contributed by atoms with Gasteiger partial charge in [-0.1, -0.05) is 0 Å². The fourth-order valence-electron chi connectivity index (χ4n) is 1.79. The van der Waals surface area contributed by atoms with E-state index < -0.39 is 0 Å². The Morgan fingerprint density at radius 1 is 1.42 bits per heavy atom. The third kappa shape index (κ3) is 5.26. The van der Waals surface area contributed by atoms with Crippen molar-refractivity contribution in [2.45, 2.75) is 19.8 Å². The van der Waals surface area contributed by atoms with Gasteiger partial charge in [-0.15, -0.1) is 11.3 Å². The Kier molecular flexibility index (Phi) is 6.97. The lowest BCUT2D eigenvalue weighted by Crippen LogP contribution is -2.33. The molecule has 108 valence electrons. The summed E-state index contributed by atoms with van der Waals surface area (Å²) in [5, 5.41) is 2.78. The van der Waals surface area contributed by atoms with Gasteiger partial charge in [0.05, 0.1) is 5.01 Å². The van der Waals surface area contributed by atoms with Crippen LogP contribution in [-0.4, -0.2) is 61.0 Å². The van der Waals surface area contributed by atoms with E-state index in [0.717, 1.165) is 37.5 Å². The molecule has 0 bridgehead atoms. The summed E-state index contributed by atoms with van der Waals surface area (Å²) >= 11 is 1.51. The standard InChI is InChI=1S/C13H24N4OS/c1-4-17(9-5-8-16(2)3)13(18)11-10-19-12(15-11)6-7-14/h10H,4-9,14H2,1-3H3. The summed E-state index contributed by atoms with van der Waals surface area (Å²) in [7, 11) is 4.08. The van der Waals surface area contributed by atoms with Gasteiger partial charge in [-0.2, -0.15) is 0 Å². The summed E-state index contributed by atoms with van der Waals surface area (Å²) in [5.74, 6) is 0.0285. The second-order valence-corrected chi connectivity index (χ2v) is 5.65. The van der Waals surface area contributed by atoms with Crippen LogP contribution in [0, 0.1) is 0 Å². The lowest BCUT2D eigenvalue weighted by molar-refractivity contribution is 0.0754. The summed E-state index contributed by atoms with van der Waals surface area (Å²) in [4.78, 5) is 20.6. The molecule has 1 amide bonds. The van der Waals surface area contributed by atoms with Gasteiger partial charge in [0.1, 0.15) is 5.69 Å². The number of aromatic nitrogens is 1. The van der Waals surface area contributed by atoms with E-state index in [1.165, 1.54) is 11.3 Å². The fraction of sp³-hybridized carbons (Fsp3) is 0.692.